The van der Waals surface area contributed by atoms with Crippen molar-refractivity contribution in [3.63, 3.8) is 0 Å². The number of carbonyl (C=O) groups is 2. The Bertz CT molecular complexity index is 404. The minimum absolute atomic E-state index is 0.281. The summed E-state index contributed by atoms with van der Waals surface area (Å²) in [6, 6.07) is 0. The predicted octanol–water partition coefficient (Wildman–Crippen LogP) is 5.50. The maximum absolute atomic E-state index is 12.7. The van der Waals surface area contributed by atoms with Crippen LogP contribution in [-0.2, 0) is 9.47 Å². The maximum Gasteiger partial charge on any atom is 0.410 e. The maximum atomic E-state index is 12.7. The van der Waals surface area contributed by atoms with Crippen molar-refractivity contribution in [2.45, 2.75) is 97.9 Å². The molecule has 6 heteroatoms. The molecule has 160 valence electrons. The van der Waals surface area contributed by atoms with Crippen LogP contribution in [0.2, 0.25) is 0 Å². The Morgan fingerprint density at radius 3 is 1.96 bits per heavy atom. The Hall–Kier alpha value is -1.46. The average molecular weight is 387 g/mol. The highest BCUT2D eigenvalue weighted by molar-refractivity contribution is 5.70. The summed E-state index contributed by atoms with van der Waals surface area (Å²) in [6.45, 7) is 12.3. The molecule has 0 aliphatic heterocycles. The largest absolute Gasteiger partial charge is 0.450 e. The monoisotopic (exact) mass is 386 g/mol. The van der Waals surface area contributed by atoms with Gasteiger partial charge in [0.2, 0.25) is 0 Å². The molecule has 0 aromatic carbocycles. The second-order valence-corrected chi connectivity index (χ2v) is 7.42. The first kappa shape index (κ1) is 25.5. The van der Waals surface area contributed by atoms with E-state index in [9.17, 15) is 9.59 Å². The molecular weight excluding hydrogens is 344 g/mol. The summed E-state index contributed by atoms with van der Waals surface area (Å²) in [5, 5.41) is 2.86. The molecule has 0 fully saturated rings. The van der Waals surface area contributed by atoms with Gasteiger partial charge in [0.15, 0.2) is 0 Å². The minimum Gasteiger partial charge on any atom is -0.450 e. The van der Waals surface area contributed by atoms with Crippen LogP contribution in [-0.4, -0.2) is 48.9 Å². The van der Waals surface area contributed by atoms with Gasteiger partial charge in [-0.2, -0.15) is 0 Å². The third kappa shape index (κ3) is 11.1. The quantitative estimate of drug-likeness (QED) is 0.377. The Labute approximate surface area is 166 Å². The number of carbonyl (C=O) groups excluding carboxylic acids is 2. The van der Waals surface area contributed by atoms with Gasteiger partial charge in [-0.1, -0.05) is 59.8 Å². The molecule has 0 bridgehead atoms. The number of ether oxygens (including phenoxy) is 2. The van der Waals surface area contributed by atoms with E-state index in [1.807, 2.05) is 11.8 Å². The number of unbranched alkanes of at least 4 members (excludes halogenated alkanes) is 4. The Balaban J connectivity index is 5.06. The molecule has 0 heterocycles. The fourth-order valence-corrected chi connectivity index (χ4v) is 2.78. The topological polar surface area (TPSA) is 67.9 Å². The third-order valence-corrected chi connectivity index (χ3v) is 4.74. The van der Waals surface area contributed by atoms with Crippen LogP contribution in [0.3, 0.4) is 0 Å². The van der Waals surface area contributed by atoms with Gasteiger partial charge >= 0.3 is 12.2 Å². The first-order chi connectivity index (χ1) is 12.9. The van der Waals surface area contributed by atoms with Crippen molar-refractivity contribution in [3.8, 4) is 0 Å². The van der Waals surface area contributed by atoms with Crippen molar-refractivity contribution >= 4 is 12.2 Å². The van der Waals surface area contributed by atoms with Crippen molar-refractivity contribution in [3.05, 3.63) is 0 Å². The lowest BCUT2D eigenvalue weighted by Crippen LogP contribution is -2.56. The highest BCUT2D eigenvalue weighted by atomic mass is 16.6. The summed E-state index contributed by atoms with van der Waals surface area (Å²) in [5.41, 5.74) is -0.488. The van der Waals surface area contributed by atoms with Crippen molar-refractivity contribution < 1.29 is 19.1 Å². The molecule has 0 aromatic rings. The lowest BCUT2D eigenvalue weighted by Gasteiger charge is -2.41. The van der Waals surface area contributed by atoms with Crippen molar-refractivity contribution in [2.75, 3.05) is 26.3 Å². The Morgan fingerprint density at radius 1 is 0.852 bits per heavy atom. The van der Waals surface area contributed by atoms with E-state index < -0.39 is 11.6 Å². The van der Waals surface area contributed by atoms with Gasteiger partial charge in [-0.15, -0.1) is 0 Å². The van der Waals surface area contributed by atoms with Gasteiger partial charge in [0.25, 0.3) is 0 Å². The summed E-state index contributed by atoms with van der Waals surface area (Å²) < 4.78 is 10.7. The lowest BCUT2D eigenvalue weighted by atomic mass is 9.92. The molecular formula is C21H42N2O4. The van der Waals surface area contributed by atoms with Crippen LogP contribution in [0.15, 0.2) is 0 Å². The summed E-state index contributed by atoms with van der Waals surface area (Å²) in [6.07, 6.45) is 7.71. The molecule has 1 unspecified atom stereocenters. The minimum atomic E-state index is -0.488. The van der Waals surface area contributed by atoms with Gasteiger partial charge in [-0.25, -0.2) is 9.59 Å². The van der Waals surface area contributed by atoms with E-state index in [0.717, 1.165) is 57.8 Å². The first-order valence-corrected chi connectivity index (χ1v) is 10.8. The van der Waals surface area contributed by atoms with Gasteiger partial charge in [-0.3, -0.25) is 0 Å². The van der Waals surface area contributed by atoms with Crippen LogP contribution in [0.4, 0.5) is 9.59 Å². The van der Waals surface area contributed by atoms with Gasteiger partial charge in [0.1, 0.15) is 0 Å². The fourth-order valence-electron chi connectivity index (χ4n) is 2.78. The van der Waals surface area contributed by atoms with Crippen LogP contribution in [0.1, 0.15) is 92.4 Å². The SMILES string of the molecule is CCCCOC(=O)NCC(C)(CCCC)N(CCCC)C(=O)OCCCC. The number of hydrogen-bond acceptors (Lipinski definition) is 4. The van der Waals surface area contributed by atoms with Crippen molar-refractivity contribution in [1.82, 2.24) is 10.2 Å². The number of nitrogens with zero attached hydrogens (tertiary/aromatic N) is 1. The summed E-state index contributed by atoms with van der Waals surface area (Å²) in [5.74, 6) is 0. The van der Waals surface area contributed by atoms with Gasteiger partial charge in [0, 0.05) is 13.1 Å². The van der Waals surface area contributed by atoms with Crippen LogP contribution in [0.25, 0.3) is 0 Å². The zero-order valence-electron chi connectivity index (χ0n) is 18.3. The van der Waals surface area contributed by atoms with Crippen LogP contribution in [0, 0.1) is 0 Å². The summed E-state index contributed by atoms with van der Waals surface area (Å²) in [4.78, 5) is 26.6. The van der Waals surface area contributed by atoms with Gasteiger partial charge in [0.05, 0.1) is 18.8 Å². The average Bonchev–Trinajstić information content (AvgIpc) is 2.65. The molecule has 0 rings (SSSR count). The van der Waals surface area contributed by atoms with E-state index >= 15 is 0 Å². The molecule has 1 N–H and O–H groups in total. The molecule has 0 spiro atoms. The van der Waals surface area contributed by atoms with E-state index in [1.165, 1.54) is 0 Å². The number of alkyl carbamates (subject to hydrolysis) is 1. The number of rotatable bonds is 15. The van der Waals surface area contributed by atoms with E-state index in [1.54, 1.807) is 0 Å². The first-order valence-electron chi connectivity index (χ1n) is 10.8. The van der Waals surface area contributed by atoms with E-state index in [4.69, 9.17) is 9.47 Å². The molecule has 27 heavy (non-hydrogen) atoms. The van der Waals surface area contributed by atoms with Crippen LogP contribution in [0.5, 0.6) is 0 Å². The second-order valence-electron chi connectivity index (χ2n) is 7.42. The van der Waals surface area contributed by atoms with Gasteiger partial charge in [-0.05, 0) is 32.6 Å². The summed E-state index contributed by atoms with van der Waals surface area (Å²) >= 11 is 0. The van der Waals surface area contributed by atoms with Crippen molar-refractivity contribution in [2.24, 2.45) is 0 Å². The summed E-state index contributed by atoms with van der Waals surface area (Å²) in [7, 11) is 0. The second kappa shape index (κ2) is 15.6. The molecule has 0 aliphatic rings. The highest BCUT2D eigenvalue weighted by Gasteiger charge is 2.36. The number of nitrogens with one attached hydrogen (secondary N) is 1. The Kier molecular flexibility index (Phi) is 14.7. The van der Waals surface area contributed by atoms with Crippen LogP contribution < -0.4 is 5.32 Å². The van der Waals surface area contributed by atoms with E-state index in [-0.39, 0.29) is 6.09 Å². The molecule has 0 saturated carbocycles. The molecule has 2 amide bonds. The smallest absolute Gasteiger partial charge is 0.410 e. The van der Waals surface area contributed by atoms with E-state index in [0.29, 0.717) is 26.3 Å². The molecule has 1 atom stereocenters. The molecule has 0 radical (unpaired) electrons. The molecule has 6 nitrogen and oxygen atoms in total. The predicted molar refractivity (Wildman–Crippen MR) is 110 cm³/mol. The standard InChI is InChI=1S/C21H42N2O4/c1-6-10-14-21(5,18-22-19(24)26-16-12-8-3)23(15-11-7-2)20(25)27-17-13-9-4/h6-18H2,1-5H3,(H,22,24). The molecule has 0 aromatic heterocycles. The van der Waals surface area contributed by atoms with Crippen LogP contribution >= 0.6 is 0 Å². The molecule has 0 aliphatic carbocycles. The Morgan fingerprint density at radius 2 is 1.41 bits per heavy atom. The number of hydrogen-bond donors (Lipinski definition) is 1. The fraction of sp³-hybridized carbons (Fsp3) is 0.905. The zero-order chi connectivity index (χ0) is 20.5. The third-order valence-electron chi connectivity index (χ3n) is 4.74. The number of amides is 2. The van der Waals surface area contributed by atoms with E-state index in [2.05, 4.69) is 33.0 Å². The highest BCUT2D eigenvalue weighted by Crippen LogP contribution is 2.24. The molecule has 0 saturated heterocycles. The normalized spacial score (nSPS) is 12.9. The lowest BCUT2D eigenvalue weighted by molar-refractivity contribution is 0.0473. The van der Waals surface area contributed by atoms with Crippen molar-refractivity contribution in [1.29, 1.82) is 0 Å². The zero-order valence-corrected chi connectivity index (χ0v) is 18.3. The van der Waals surface area contributed by atoms with Gasteiger partial charge < -0.3 is 19.7 Å².